The Balaban J connectivity index is 2.98. The standard InChI is InChI=1S/C10H7ClFNO2/c11-8-3-6(1-2-9(8)12)7(5-13)4-10(14)15/h1-3,7H,4H2,(H,14,15). The molecule has 0 amide bonds. The minimum atomic E-state index is -1.08. The monoisotopic (exact) mass is 227 g/mol. The molecule has 1 atom stereocenters. The number of nitrogens with zero attached hydrogens (tertiary/aromatic N) is 1. The zero-order valence-electron chi connectivity index (χ0n) is 7.58. The Morgan fingerprint density at radius 3 is 2.80 bits per heavy atom. The van der Waals surface area contributed by atoms with Crippen LogP contribution in [0.15, 0.2) is 18.2 Å². The number of aliphatic carboxylic acids is 1. The molecule has 0 aliphatic rings. The van der Waals surface area contributed by atoms with Crippen molar-refractivity contribution < 1.29 is 14.3 Å². The van der Waals surface area contributed by atoms with Crippen LogP contribution in [0.25, 0.3) is 0 Å². The summed E-state index contributed by atoms with van der Waals surface area (Å²) in [6, 6.07) is 5.58. The van der Waals surface area contributed by atoms with Crippen molar-refractivity contribution in [2.75, 3.05) is 0 Å². The predicted octanol–water partition coefficient (Wildman–Crippen LogP) is 2.56. The van der Waals surface area contributed by atoms with Gasteiger partial charge in [0.1, 0.15) is 5.82 Å². The Kier molecular flexibility index (Phi) is 3.64. The van der Waals surface area contributed by atoms with Crippen LogP contribution in [0.2, 0.25) is 5.02 Å². The van der Waals surface area contributed by atoms with Crippen molar-refractivity contribution in [3.63, 3.8) is 0 Å². The first-order valence-corrected chi connectivity index (χ1v) is 4.48. The maximum Gasteiger partial charge on any atom is 0.305 e. The number of hydrogen-bond donors (Lipinski definition) is 1. The van der Waals surface area contributed by atoms with Gasteiger partial charge in [0.15, 0.2) is 0 Å². The van der Waals surface area contributed by atoms with E-state index in [-0.39, 0.29) is 11.4 Å². The number of rotatable bonds is 3. The number of nitriles is 1. The minimum absolute atomic E-state index is 0.113. The molecule has 0 radical (unpaired) electrons. The van der Waals surface area contributed by atoms with Gasteiger partial charge in [0, 0.05) is 0 Å². The lowest BCUT2D eigenvalue weighted by Gasteiger charge is -2.06. The van der Waals surface area contributed by atoms with E-state index in [4.69, 9.17) is 22.0 Å². The van der Waals surface area contributed by atoms with Gasteiger partial charge in [-0.05, 0) is 17.7 Å². The molecular weight excluding hydrogens is 221 g/mol. The van der Waals surface area contributed by atoms with E-state index in [0.717, 1.165) is 6.07 Å². The number of carbonyl (C=O) groups is 1. The first kappa shape index (κ1) is 11.5. The number of benzene rings is 1. The second kappa shape index (κ2) is 4.76. The molecule has 0 spiro atoms. The van der Waals surface area contributed by atoms with Crippen LogP contribution in [0.4, 0.5) is 4.39 Å². The molecule has 0 heterocycles. The number of carboxylic acids is 1. The molecule has 1 unspecified atom stereocenters. The predicted molar refractivity (Wildman–Crippen MR) is 52.0 cm³/mol. The third-order valence-corrected chi connectivity index (χ3v) is 2.17. The summed E-state index contributed by atoms with van der Waals surface area (Å²) in [5.74, 6) is -2.48. The molecule has 15 heavy (non-hydrogen) atoms. The fourth-order valence-corrected chi connectivity index (χ4v) is 1.33. The van der Waals surface area contributed by atoms with E-state index in [1.807, 2.05) is 6.07 Å². The minimum Gasteiger partial charge on any atom is -0.481 e. The molecule has 0 saturated carbocycles. The van der Waals surface area contributed by atoms with Crippen LogP contribution in [0.1, 0.15) is 17.9 Å². The maximum atomic E-state index is 12.8. The summed E-state index contributed by atoms with van der Waals surface area (Å²) in [6.45, 7) is 0. The summed E-state index contributed by atoms with van der Waals surface area (Å²) < 4.78 is 12.8. The topological polar surface area (TPSA) is 61.1 Å². The van der Waals surface area contributed by atoms with E-state index in [1.54, 1.807) is 0 Å². The molecule has 1 rings (SSSR count). The largest absolute Gasteiger partial charge is 0.481 e. The molecule has 1 aromatic carbocycles. The third kappa shape index (κ3) is 2.93. The highest BCUT2D eigenvalue weighted by Crippen LogP contribution is 2.24. The molecule has 0 bridgehead atoms. The molecule has 0 aliphatic carbocycles. The Morgan fingerprint density at radius 2 is 2.33 bits per heavy atom. The van der Waals surface area contributed by atoms with Crippen molar-refractivity contribution >= 4 is 17.6 Å². The van der Waals surface area contributed by atoms with Gasteiger partial charge in [-0.15, -0.1) is 0 Å². The Labute approximate surface area is 90.7 Å². The van der Waals surface area contributed by atoms with Crippen LogP contribution in [0, 0.1) is 17.1 Å². The molecule has 78 valence electrons. The van der Waals surface area contributed by atoms with E-state index >= 15 is 0 Å². The molecule has 5 heteroatoms. The fraction of sp³-hybridized carbons (Fsp3) is 0.200. The molecule has 0 saturated heterocycles. The summed E-state index contributed by atoms with van der Waals surface area (Å²) >= 11 is 5.52. The van der Waals surface area contributed by atoms with Crippen LogP contribution in [-0.4, -0.2) is 11.1 Å². The van der Waals surface area contributed by atoms with Crippen molar-refractivity contribution in [2.24, 2.45) is 0 Å². The van der Waals surface area contributed by atoms with Crippen molar-refractivity contribution in [3.05, 3.63) is 34.6 Å². The normalized spacial score (nSPS) is 11.8. The molecule has 1 aromatic rings. The highest BCUT2D eigenvalue weighted by atomic mass is 35.5. The van der Waals surface area contributed by atoms with Crippen LogP contribution in [-0.2, 0) is 4.79 Å². The first-order valence-electron chi connectivity index (χ1n) is 4.11. The summed E-state index contributed by atoms with van der Waals surface area (Å²) in [7, 11) is 0. The average Bonchev–Trinajstić information content (AvgIpc) is 2.18. The van der Waals surface area contributed by atoms with E-state index in [1.165, 1.54) is 12.1 Å². The van der Waals surface area contributed by atoms with Crippen molar-refractivity contribution in [2.45, 2.75) is 12.3 Å². The first-order chi connectivity index (χ1) is 7.04. The highest BCUT2D eigenvalue weighted by Gasteiger charge is 2.15. The van der Waals surface area contributed by atoms with Crippen LogP contribution < -0.4 is 0 Å². The summed E-state index contributed by atoms with van der Waals surface area (Å²) in [5.41, 5.74) is 0.409. The van der Waals surface area contributed by atoms with Crippen molar-refractivity contribution in [3.8, 4) is 6.07 Å². The van der Waals surface area contributed by atoms with E-state index in [0.29, 0.717) is 5.56 Å². The zero-order valence-corrected chi connectivity index (χ0v) is 8.33. The van der Waals surface area contributed by atoms with Gasteiger partial charge in [0.05, 0.1) is 23.4 Å². The number of hydrogen-bond acceptors (Lipinski definition) is 2. The SMILES string of the molecule is N#CC(CC(=O)O)c1ccc(F)c(Cl)c1. The van der Waals surface area contributed by atoms with E-state index < -0.39 is 17.7 Å². The van der Waals surface area contributed by atoms with Crippen molar-refractivity contribution in [1.82, 2.24) is 0 Å². The molecule has 0 fully saturated rings. The van der Waals surface area contributed by atoms with E-state index in [2.05, 4.69) is 0 Å². The molecular formula is C10H7ClFNO2. The van der Waals surface area contributed by atoms with Gasteiger partial charge in [-0.25, -0.2) is 4.39 Å². The van der Waals surface area contributed by atoms with Gasteiger partial charge in [0.25, 0.3) is 0 Å². The lowest BCUT2D eigenvalue weighted by Crippen LogP contribution is -2.04. The van der Waals surface area contributed by atoms with Gasteiger partial charge in [-0.1, -0.05) is 17.7 Å². The smallest absolute Gasteiger partial charge is 0.305 e. The number of halogens is 2. The molecule has 0 aromatic heterocycles. The fourth-order valence-electron chi connectivity index (χ4n) is 1.14. The van der Waals surface area contributed by atoms with Gasteiger partial charge >= 0.3 is 5.97 Å². The van der Waals surface area contributed by atoms with Gasteiger partial charge in [-0.2, -0.15) is 5.26 Å². The zero-order chi connectivity index (χ0) is 11.4. The van der Waals surface area contributed by atoms with Gasteiger partial charge < -0.3 is 5.11 Å². The van der Waals surface area contributed by atoms with E-state index in [9.17, 15) is 9.18 Å². The summed E-state index contributed by atoms with van der Waals surface area (Å²) in [4.78, 5) is 10.4. The summed E-state index contributed by atoms with van der Waals surface area (Å²) in [5, 5.41) is 17.2. The summed E-state index contributed by atoms with van der Waals surface area (Å²) in [6.07, 6.45) is -0.321. The quantitative estimate of drug-likeness (QED) is 0.863. The highest BCUT2D eigenvalue weighted by molar-refractivity contribution is 6.30. The van der Waals surface area contributed by atoms with Gasteiger partial charge in [-0.3, -0.25) is 4.79 Å². The third-order valence-electron chi connectivity index (χ3n) is 1.88. The number of carboxylic acid groups (broad SMARTS) is 1. The molecule has 0 aliphatic heterocycles. The maximum absolute atomic E-state index is 12.8. The van der Waals surface area contributed by atoms with Crippen LogP contribution in [0.3, 0.4) is 0 Å². The van der Waals surface area contributed by atoms with Gasteiger partial charge in [0.2, 0.25) is 0 Å². The Hall–Kier alpha value is -1.60. The molecule has 1 N–H and O–H groups in total. The second-order valence-electron chi connectivity index (χ2n) is 2.95. The Morgan fingerprint density at radius 1 is 1.67 bits per heavy atom. The molecule has 3 nitrogen and oxygen atoms in total. The Bertz CT molecular complexity index is 428. The lowest BCUT2D eigenvalue weighted by molar-refractivity contribution is -0.137. The lowest BCUT2D eigenvalue weighted by atomic mass is 9.97. The van der Waals surface area contributed by atoms with Crippen LogP contribution >= 0.6 is 11.6 Å². The second-order valence-corrected chi connectivity index (χ2v) is 3.36. The average molecular weight is 228 g/mol. The van der Waals surface area contributed by atoms with Crippen molar-refractivity contribution in [1.29, 1.82) is 5.26 Å². The van der Waals surface area contributed by atoms with Crippen LogP contribution in [0.5, 0.6) is 0 Å².